The number of carbonyl (C=O) groups excluding carboxylic acids is 1. The van der Waals surface area contributed by atoms with Gasteiger partial charge in [-0.15, -0.1) is 0 Å². The number of aryl methyl sites for hydroxylation is 3. The van der Waals surface area contributed by atoms with Crippen molar-refractivity contribution in [2.24, 2.45) is 0 Å². The summed E-state index contributed by atoms with van der Waals surface area (Å²) in [7, 11) is 1.56. The maximum atomic E-state index is 12.7. The maximum Gasteiger partial charge on any atom is 0.274 e. The molecule has 3 rings (SSSR count). The molecule has 6 nitrogen and oxygen atoms in total. The van der Waals surface area contributed by atoms with Crippen molar-refractivity contribution in [3.8, 4) is 5.75 Å². The van der Waals surface area contributed by atoms with E-state index in [-0.39, 0.29) is 11.6 Å². The first-order valence-corrected chi connectivity index (χ1v) is 9.08. The molecule has 1 heterocycles. The summed E-state index contributed by atoms with van der Waals surface area (Å²) in [6.45, 7) is 5.61. The molecule has 0 aliphatic carbocycles. The predicted molar refractivity (Wildman–Crippen MR) is 112 cm³/mol. The fourth-order valence-electron chi connectivity index (χ4n) is 2.67. The van der Waals surface area contributed by atoms with Crippen LogP contribution in [0.4, 0.5) is 17.2 Å². The van der Waals surface area contributed by atoms with Gasteiger partial charge in [-0.25, -0.2) is 9.97 Å². The minimum Gasteiger partial charge on any atom is -0.495 e. The Bertz CT molecular complexity index is 1040. The smallest absolute Gasteiger partial charge is 0.274 e. The Balaban J connectivity index is 1.85. The Morgan fingerprint density at radius 1 is 1.04 bits per heavy atom. The van der Waals surface area contributed by atoms with E-state index in [2.05, 4.69) is 20.6 Å². The summed E-state index contributed by atoms with van der Waals surface area (Å²) in [6, 6.07) is 12.8. The summed E-state index contributed by atoms with van der Waals surface area (Å²) in [5.74, 6) is 1.22. The molecule has 2 N–H and O–H groups in total. The summed E-state index contributed by atoms with van der Waals surface area (Å²) in [4.78, 5) is 21.3. The molecular formula is C21H21ClN4O2. The highest BCUT2D eigenvalue weighted by molar-refractivity contribution is 6.31. The van der Waals surface area contributed by atoms with Gasteiger partial charge in [0.2, 0.25) is 0 Å². The van der Waals surface area contributed by atoms with Crippen molar-refractivity contribution in [3.05, 3.63) is 70.1 Å². The molecule has 0 atom stereocenters. The van der Waals surface area contributed by atoms with Gasteiger partial charge in [-0.2, -0.15) is 0 Å². The summed E-state index contributed by atoms with van der Waals surface area (Å²) in [6.07, 6.45) is 0. The highest BCUT2D eigenvalue weighted by atomic mass is 35.5. The van der Waals surface area contributed by atoms with Crippen LogP contribution < -0.4 is 15.4 Å². The zero-order valence-corrected chi connectivity index (χ0v) is 16.9. The standard InChI is InChI=1S/C21H21ClN4O2/c1-12-5-8-19(28-4)17(9-12)26-21(27)18-11-20(24-14(3)23-18)25-15-7-6-13(2)16(22)10-15/h5-11H,1-4H3,(H,26,27)(H,23,24,25). The van der Waals surface area contributed by atoms with Crippen LogP contribution in [0.3, 0.4) is 0 Å². The number of hydrogen-bond donors (Lipinski definition) is 2. The van der Waals surface area contributed by atoms with Crippen molar-refractivity contribution in [2.75, 3.05) is 17.7 Å². The summed E-state index contributed by atoms with van der Waals surface area (Å²) in [5.41, 5.74) is 3.60. The van der Waals surface area contributed by atoms with E-state index in [1.54, 1.807) is 20.1 Å². The molecule has 0 spiro atoms. The molecule has 3 aromatic rings. The van der Waals surface area contributed by atoms with Gasteiger partial charge in [0.1, 0.15) is 23.1 Å². The number of carbonyl (C=O) groups is 1. The number of benzene rings is 2. The van der Waals surface area contributed by atoms with Gasteiger partial charge in [0.25, 0.3) is 5.91 Å². The van der Waals surface area contributed by atoms with E-state index in [0.717, 1.165) is 16.8 Å². The largest absolute Gasteiger partial charge is 0.495 e. The first-order chi connectivity index (χ1) is 13.4. The molecule has 0 aliphatic rings. The monoisotopic (exact) mass is 396 g/mol. The van der Waals surface area contributed by atoms with E-state index in [0.29, 0.717) is 28.1 Å². The SMILES string of the molecule is COc1ccc(C)cc1NC(=O)c1cc(Nc2ccc(C)c(Cl)c2)nc(C)n1. The van der Waals surface area contributed by atoms with Crippen molar-refractivity contribution < 1.29 is 9.53 Å². The van der Waals surface area contributed by atoms with Crippen LogP contribution in [-0.4, -0.2) is 23.0 Å². The normalized spacial score (nSPS) is 10.5. The molecule has 7 heteroatoms. The molecule has 1 amide bonds. The number of aromatic nitrogens is 2. The Labute approximate surface area is 168 Å². The fraction of sp³-hybridized carbons (Fsp3) is 0.190. The van der Waals surface area contributed by atoms with E-state index in [9.17, 15) is 4.79 Å². The molecule has 0 saturated carbocycles. The molecule has 0 radical (unpaired) electrons. The van der Waals surface area contributed by atoms with Crippen LogP contribution in [0.15, 0.2) is 42.5 Å². The Hall–Kier alpha value is -3.12. The minimum absolute atomic E-state index is 0.247. The molecule has 0 aliphatic heterocycles. The van der Waals surface area contributed by atoms with Crippen LogP contribution in [0, 0.1) is 20.8 Å². The van der Waals surface area contributed by atoms with Crippen LogP contribution in [0.2, 0.25) is 5.02 Å². The van der Waals surface area contributed by atoms with Crippen LogP contribution in [-0.2, 0) is 0 Å². The molecular weight excluding hydrogens is 376 g/mol. The van der Waals surface area contributed by atoms with Crippen LogP contribution in [0.1, 0.15) is 27.4 Å². The van der Waals surface area contributed by atoms with Gasteiger partial charge >= 0.3 is 0 Å². The number of anilines is 3. The quantitative estimate of drug-likeness (QED) is 0.630. The average Bonchev–Trinajstić information content (AvgIpc) is 2.64. The minimum atomic E-state index is -0.348. The molecule has 0 fully saturated rings. The number of amides is 1. The van der Waals surface area contributed by atoms with E-state index in [1.165, 1.54) is 0 Å². The molecule has 0 bridgehead atoms. The van der Waals surface area contributed by atoms with Gasteiger partial charge in [0.05, 0.1) is 12.8 Å². The third-order valence-electron chi connectivity index (χ3n) is 4.12. The summed E-state index contributed by atoms with van der Waals surface area (Å²) < 4.78 is 5.31. The lowest BCUT2D eigenvalue weighted by atomic mass is 10.2. The molecule has 28 heavy (non-hydrogen) atoms. The van der Waals surface area contributed by atoms with Gasteiger partial charge in [-0.3, -0.25) is 4.79 Å². The van der Waals surface area contributed by atoms with Crippen molar-refractivity contribution in [2.45, 2.75) is 20.8 Å². The molecule has 2 aromatic carbocycles. The lowest BCUT2D eigenvalue weighted by Gasteiger charge is -2.12. The molecule has 1 aromatic heterocycles. The van der Waals surface area contributed by atoms with Gasteiger partial charge in [0.15, 0.2) is 0 Å². The van der Waals surface area contributed by atoms with Gasteiger partial charge in [-0.05, 0) is 56.2 Å². The van der Waals surface area contributed by atoms with Gasteiger partial charge < -0.3 is 15.4 Å². The highest BCUT2D eigenvalue weighted by Gasteiger charge is 2.14. The first-order valence-electron chi connectivity index (χ1n) is 8.70. The van der Waals surface area contributed by atoms with E-state index in [4.69, 9.17) is 16.3 Å². The second-order valence-electron chi connectivity index (χ2n) is 6.43. The number of nitrogens with zero attached hydrogens (tertiary/aromatic N) is 2. The van der Waals surface area contributed by atoms with Gasteiger partial charge in [0, 0.05) is 16.8 Å². The Morgan fingerprint density at radius 3 is 2.54 bits per heavy atom. The summed E-state index contributed by atoms with van der Waals surface area (Å²) >= 11 is 6.18. The van der Waals surface area contributed by atoms with E-state index >= 15 is 0 Å². The number of ether oxygens (including phenoxy) is 1. The van der Waals surface area contributed by atoms with Crippen molar-refractivity contribution in [1.29, 1.82) is 0 Å². The lowest BCUT2D eigenvalue weighted by molar-refractivity contribution is 0.102. The maximum absolute atomic E-state index is 12.7. The van der Waals surface area contributed by atoms with Crippen LogP contribution in [0.5, 0.6) is 5.75 Å². The third-order valence-corrected chi connectivity index (χ3v) is 4.53. The van der Waals surface area contributed by atoms with Crippen molar-refractivity contribution in [3.63, 3.8) is 0 Å². The highest BCUT2D eigenvalue weighted by Crippen LogP contribution is 2.26. The third kappa shape index (κ3) is 4.58. The zero-order valence-electron chi connectivity index (χ0n) is 16.1. The van der Waals surface area contributed by atoms with Crippen LogP contribution >= 0.6 is 11.6 Å². The second kappa shape index (κ2) is 8.27. The first kappa shape index (κ1) is 19.6. The van der Waals surface area contributed by atoms with Crippen molar-refractivity contribution in [1.82, 2.24) is 9.97 Å². The fourth-order valence-corrected chi connectivity index (χ4v) is 2.85. The van der Waals surface area contributed by atoms with E-state index < -0.39 is 0 Å². The van der Waals surface area contributed by atoms with Crippen LogP contribution in [0.25, 0.3) is 0 Å². The Morgan fingerprint density at radius 2 is 1.82 bits per heavy atom. The zero-order chi connectivity index (χ0) is 20.3. The Kier molecular flexibility index (Phi) is 5.80. The van der Waals surface area contributed by atoms with E-state index in [1.807, 2.05) is 50.2 Å². The summed E-state index contributed by atoms with van der Waals surface area (Å²) in [5, 5.41) is 6.67. The number of nitrogens with one attached hydrogen (secondary N) is 2. The average molecular weight is 397 g/mol. The van der Waals surface area contributed by atoms with Crippen molar-refractivity contribution >= 4 is 34.7 Å². The molecule has 0 unspecified atom stereocenters. The molecule has 0 saturated heterocycles. The predicted octanol–water partition coefficient (Wildman–Crippen LogP) is 5.06. The second-order valence-corrected chi connectivity index (χ2v) is 6.84. The molecule has 144 valence electrons. The van der Waals surface area contributed by atoms with Gasteiger partial charge in [-0.1, -0.05) is 23.7 Å². The number of methoxy groups -OCH3 is 1. The number of halogens is 1. The number of hydrogen-bond acceptors (Lipinski definition) is 5. The number of rotatable bonds is 5. The topological polar surface area (TPSA) is 76.1 Å². The lowest BCUT2D eigenvalue weighted by Crippen LogP contribution is -2.16.